The second-order valence-corrected chi connectivity index (χ2v) is 11.0. The number of ether oxygens (including phenoxy) is 2. The number of rotatable bonds is 9. The molecule has 0 bridgehead atoms. The summed E-state index contributed by atoms with van der Waals surface area (Å²) in [5.74, 6) is 1.33. The van der Waals surface area contributed by atoms with E-state index in [4.69, 9.17) is 15.2 Å². The number of fused-ring (bicyclic) bond motifs is 1. The summed E-state index contributed by atoms with van der Waals surface area (Å²) in [6.07, 6.45) is 4.48. The standard InChI is InChI=1S/C31H35N3O4/c1-18(2)22-13-19(11-21(35)12-20-14-29(34-17-20)31(3,4)5)7-8-26(22)38-27-9-10-33-25-16-28(37-6)24(30(32)36)15-23(25)27/h7-10,13-16,18H,11-12,17H2,1-6H3,(H2,32,36). The Balaban J connectivity index is 1.57. The van der Waals surface area contributed by atoms with Crippen LogP contribution in [0, 0.1) is 5.41 Å². The number of carbonyl (C=O) groups is 2. The smallest absolute Gasteiger partial charge is 0.252 e. The number of carbonyl (C=O) groups excluding carboxylic acids is 2. The molecule has 0 saturated carbocycles. The average Bonchev–Trinajstić information content (AvgIpc) is 3.33. The summed E-state index contributed by atoms with van der Waals surface area (Å²) >= 11 is 0. The molecule has 0 aliphatic carbocycles. The van der Waals surface area contributed by atoms with Crippen molar-refractivity contribution >= 4 is 28.3 Å². The second kappa shape index (κ2) is 10.8. The fourth-order valence-corrected chi connectivity index (χ4v) is 4.54. The van der Waals surface area contributed by atoms with Crippen LogP contribution in [0.3, 0.4) is 0 Å². The number of benzene rings is 2. The molecule has 0 saturated heterocycles. The van der Waals surface area contributed by atoms with E-state index in [-0.39, 0.29) is 22.7 Å². The van der Waals surface area contributed by atoms with Gasteiger partial charge in [-0.2, -0.15) is 0 Å². The number of Topliss-reactive ketones (excluding diaryl/α,β-unsaturated/α-hetero) is 1. The fourth-order valence-electron chi connectivity index (χ4n) is 4.54. The number of aromatic nitrogens is 1. The number of hydrogen-bond donors (Lipinski definition) is 1. The summed E-state index contributed by atoms with van der Waals surface area (Å²) in [7, 11) is 1.48. The molecule has 0 unspecified atom stereocenters. The van der Waals surface area contributed by atoms with Gasteiger partial charge >= 0.3 is 0 Å². The summed E-state index contributed by atoms with van der Waals surface area (Å²) in [4.78, 5) is 33.9. The lowest BCUT2D eigenvalue weighted by Crippen LogP contribution is -2.16. The molecule has 2 heterocycles. The van der Waals surface area contributed by atoms with Crippen LogP contribution in [0.25, 0.3) is 10.9 Å². The maximum atomic E-state index is 12.9. The lowest BCUT2D eigenvalue weighted by molar-refractivity contribution is -0.117. The minimum Gasteiger partial charge on any atom is -0.496 e. The van der Waals surface area contributed by atoms with Crippen molar-refractivity contribution in [1.82, 2.24) is 4.98 Å². The molecule has 7 nitrogen and oxygen atoms in total. The van der Waals surface area contributed by atoms with Crippen molar-refractivity contribution in [2.24, 2.45) is 16.1 Å². The summed E-state index contributed by atoms with van der Waals surface area (Å²) in [6, 6.07) is 10.9. The molecule has 2 aromatic carbocycles. The number of nitrogens with two attached hydrogens (primary N) is 1. The largest absolute Gasteiger partial charge is 0.496 e. The number of ketones is 1. The molecule has 2 N–H and O–H groups in total. The molecule has 0 fully saturated rings. The maximum Gasteiger partial charge on any atom is 0.252 e. The van der Waals surface area contributed by atoms with E-state index in [0.717, 1.165) is 22.4 Å². The molecule has 4 rings (SSSR count). The molecule has 1 amide bonds. The van der Waals surface area contributed by atoms with E-state index in [9.17, 15) is 9.59 Å². The third-order valence-electron chi connectivity index (χ3n) is 6.59. The highest BCUT2D eigenvalue weighted by atomic mass is 16.5. The van der Waals surface area contributed by atoms with Crippen LogP contribution >= 0.6 is 0 Å². The van der Waals surface area contributed by atoms with Gasteiger partial charge in [0.1, 0.15) is 23.0 Å². The number of pyridine rings is 1. The molecule has 3 aromatic rings. The lowest BCUT2D eigenvalue weighted by atomic mass is 9.89. The van der Waals surface area contributed by atoms with Gasteiger partial charge in [-0.15, -0.1) is 0 Å². The third-order valence-corrected chi connectivity index (χ3v) is 6.59. The van der Waals surface area contributed by atoms with Crippen LogP contribution in [0.5, 0.6) is 17.2 Å². The van der Waals surface area contributed by atoms with Crippen LogP contribution in [-0.2, 0) is 11.2 Å². The van der Waals surface area contributed by atoms with Crippen LogP contribution in [0.15, 0.2) is 59.2 Å². The number of amides is 1. The fraction of sp³-hybridized carbons (Fsp3) is 0.355. The normalized spacial score (nSPS) is 13.4. The molecule has 1 aromatic heterocycles. The zero-order valence-corrected chi connectivity index (χ0v) is 22.9. The van der Waals surface area contributed by atoms with E-state index < -0.39 is 5.91 Å². The van der Waals surface area contributed by atoms with Crippen molar-refractivity contribution in [2.75, 3.05) is 13.7 Å². The molecule has 1 aliphatic rings. The molecule has 7 heteroatoms. The van der Waals surface area contributed by atoms with Gasteiger partial charge in [-0.05, 0) is 46.9 Å². The van der Waals surface area contributed by atoms with Gasteiger partial charge in [0, 0.05) is 41.6 Å². The molecule has 0 atom stereocenters. The van der Waals surface area contributed by atoms with E-state index >= 15 is 0 Å². The SMILES string of the molecule is COc1cc2nccc(Oc3ccc(CC(=O)CC4=CC(C(C)(C)C)=NC4)cc3C(C)C)c2cc1C(N)=O. The summed E-state index contributed by atoms with van der Waals surface area (Å²) in [6.45, 7) is 11.2. The van der Waals surface area contributed by atoms with Crippen molar-refractivity contribution in [3.8, 4) is 17.2 Å². The number of nitrogens with zero attached hydrogens (tertiary/aromatic N) is 2. The minimum absolute atomic E-state index is 0.0135. The van der Waals surface area contributed by atoms with Gasteiger partial charge in [-0.25, -0.2) is 0 Å². The number of hydrogen-bond acceptors (Lipinski definition) is 6. The van der Waals surface area contributed by atoms with Gasteiger partial charge in [-0.3, -0.25) is 19.6 Å². The minimum atomic E-state index is -0.593. The predicted octanol–water partition coefficient (Wildman–Crippen LogP) is 6.19. The number of methoxy groups -OCH3 is 1. The van der Waals surface area contributed by atoms with Crippen molar-refractivity contribution in [2.45, 2.75) is 53.4 Å². The highest BCUT2D eigenvalue weighted by Crippen LogP contribution is 2.36. The number of aliphatic imine (C=N–C) groups is 1. The predicted molar refractivity (Wildman–Crippen MR) is 151 cm³/mol. The van der Waals surface area contributed by atoms with Gasteiger partial charge in [0.25, 0.3) is 5.91 Å². The first-order valence-electron chi connectivity index (χ1n) is 12.8. The van der Waals surface area contributed by atoms with Crippen LogP contribution in [-0.4, -0.2) is 36.0 Å². The average molecular weight is 514 g/mol. The van der Waals surface area contributed by atoms with E-state index in [1.807, 2.05) is 18.2 Å². The molecule has 0 radical (unpaired) electrons. The Morgan fingerprint density at radius 2 is 1.79 bits per heavy atom. The number of allylic oxidation sites excluding steroid dienone is 1. The zero-order valence-electron chi connectivity index (χ0n) is 22.9. The molecule has 1 aliphatic heterocycles. The first kappa shape index (κ1) is 27.0. The van der Waals surface area contributed by atoms with E-state index in [1.54, 1.807) is 24.4 Å². The van der Waals surface area contributed by atoms with Crippen LogP contribution in [0.1, 0.15) is 68.4 Å². The van der Waals surface area contributed by atoms with Crippen LogP contribution in [0.4, 0.5) is 0 Å². The molecule has 198 valence electrons. The Morgan fingerprint density at radius 3 is 2.42 bits per heavy atom. The zero-order chi connectivity index (χ0) is 27.6. The van der Waals surface area contributed by atoms with Crippen molar-refractivity contribution < 1.29 is 19.1 Å². The van der Waals surface area contributed by atoms with Crippen molar-refractivity contribution in [3.05, 3.63) is 70.9 Å². The quantitative estimate of drug-likeness (QED) is 0.368. The first-order valence-corrected chi connectivity index (χ1v) is 12.8. The molecular formula is C31H35N3O4. The van der Waals surface area contributed by atoms with Gasteiger partial charge < -0.3 is 15.2 Å². The Bertz CT molecular complexity index is 1460. The molecular weight excluding hydrogens is 478 g/mol. The van der Waals surface area contributed by atoms with E-state index in [0.29, 0.717) is 47.5 Å². The van der Waals surface area contributed by atoms with Crippen molar-refractivity contribution in [1.29, 1.82) is 0 Å². The van der Waals surface area contributed by atoms with E-state index in [2.05, 4.69) is 50.7 Å². The van der Waals surface area contributed by atoms with Gasteiger partial charge in [0.05, 0.1) is 24.7 Å². The Labute approximate surface area is 223 Å². The maximum absolute atomic E-state index is 12.9. The third kappa shape index (κ3) is 5.93. The highest BCUT2D eigenvalue weighted by Gasteiger charge is 2.22. The Morgan fingerprint density at radius 1 is 1.03 bits per heavy atom. The van der Waals surface area contributed by atoms with Crippen LogP contribution in [0.2, 0.25) is 0 Å². The van der Waals surface area contributed by atoms with Gasteiger partial charge in [0.2, 0.25) is 0 Å². The monoisotopic (exact) mass is 513 g/mol. The molecule has 38 heavy (non-hydrogen) atoms. The van der Waals surface area contributed by atoms with E-state index in [1.165, 1.54) is 7.11 Å². The van der Waals surface area contributed by atoms with Gasteiger partial charge in [-0.1, -0.05) is 46.8 Å². The second-order valence-electron chi connectivity index (χ2n) is 11.0. The molecule has 0 spiro atoms. The summed E-state index contributed by atoms with van der Waals surface area (Å²) in [5.41, 5.74) is 10.5. The van der Waals surface area contributed by atoms with Crippen LogP contribution < -0.4 is 15.2 Å². The summed E-state index contributed by atoms with van der Waals surface area (Å²) < 4.78 is 11.7. The topological polar surface area (TPSA) is 104 Å². The number of primary amides is 1. The highest BCUT2D eigenvalue weighted by molar-refractivity contribution is 6.02. The Hall–Kier alpha value is -4.00. The first-order chi connectivity index (χ1) is 18.0. The Kier molecular flexibility index (Phi) is 7.67. The lowest BCUT2D eigenvalue weighted by Gasteiger charge is -2.17. The summed E-state index contributed by atoms with van der Waals surface area (Å²) in [5, 5.41) is 0.651. The van der Waals surface area contributed by atoms with Gasteiger partial charge in [0.15, 0.2) is 0 Å². The van der Waals surface area contributed by atoms with Crippen molar-refractivity contribution in [3.63, 3.8) is 0 Å².